The standard InChI is InChI=1S/C19H25N3O3S2/c1-11-9-14(27-18-20-12(2)10-26-18)7-8-15(11)22-16(23)13(3)21-17(24)25-19(4,5)6/h7-10,13H,1-6H3,(H,21,24)(H,22,23)/t13-/m1/s1. The van der Waals surface area contributed by atoms with E-state index in [1.165, 1.54) is 0 Å². The molecule has 2 N–H and O–H groups in total. The molecule has 0 saturated heterocycles. The van der Waals surface area contributed by atoms with Crippen molar-refractivity contribution in [3.63, 3.8) is 0 Å². The average Bonchev–Trinajstić information content (AvgIpc) is 2.93. The zero-order valence-corrected chi connectivity index (χ0v) is 18.0. The summed E-state index contributed by atoms with van der Waals surface area (Å²) in [6, 6.07) is 5.08. The summed E-state index contributed by atoms with van der Waals surface area (Å²) in [7, 11) is 0. The number of amides is 2. The summed E-state index contributed by atoms with van der Waals surface area (Å²) in [6.45, 7) is 10.8. The number of aryl methyl sites for hydroxylation is 2. The highest BCUT2D eigenvalue weighted by Crippen LogP contribution is 2.32. The van der Waals surface area contributed by atoms with Gasteiger partial charge in [-0.15, -0.1) is 11.3 Å². The highest BCUT2D eigenvalue weighted by atomic mass is 32.2. The van der Waals surface area contributed by atoms with Gasteiger partial charge in [-0.05, 0) is 65.3 Å². The van der Waals surface area contributed by atoms with Crippen molar-refractivity contribution in [2.75, 3.05) is 5.32 Å². The van der Waals surface area contributed by atoms with E-state index < -0.39 is 17.7 Å². The lowest BCUT2D eigenvalue weighted by atomic mass is 10.2. The summed E-state index contributed by atoms with van der Waals surface area (Å²) in [6.07, 6.45) is -0.618. The van der Waals surface area contributed by atoms with Crippen molar-refractivity contribution in [3.8, 4) is 0 Å². The van der Waals surface area contributed by atoms with Crippen molar-refractivity contribution >= 4 is 40.8 Å². The monoisotopic (exact) mass is 407 g/mol. The van der Waals surface area contributed by atoms with E-state index in [2.05, 4.69) is 15.6 Å². The molecular weight excluding hydrogens is 382 g/mol. The number of ether oxygens (including phenoxy) is 1. The summed E-state index contributed by atoms with van der Waals surface area (Å²) < 4.78 is 6.15. The van der Waals surface area contributed by atoms with Crippen LogP contribution in [0, 0.1) is 13.8 Å². The zero-order valence-electron chi connectivity index (χ0n) is 16.4. The molecule has 8 heteroatoms. The van der Waals surface area contributed by atoms with Gasteiger partial charge in [-0.3, -0.25) is 4.79 Å². The van der Waals surface area contributed by atoms with Crippen LogP contribution in [0.2, 0.25) is 0 Å². The van der Waals surface area contributed by atoms with Crippen molar-refractivity contribution in [3.05, 3.63) is 34.8 Å². The maximum atomic E-state index is 12.3. The van der Waals surface area contributed by atoms with Gasteiger partial charge in [-0.2, -0.15) is 0 Å². The van der Waals surface area contributed by atoms with Crippen LogP contribution in [0.5, 0.6) is 0 Å². The van der Waals surface area contributed by atoms with Crippen LogP contribution < -0.4 is 10.6 Å². The first-order valence-electron chi connectivity index (χ1n) is 8.54. The van der Waals surface area contributed by atoms with Gasteiger partial charge in [0.25, 0.3) is 0 Å². The third kappa shape index (κ3) is 6.88. The van der Waals surface area contributed by atoms with E-state index in [1.54, 1.807) is 50.8 Å². The molecule has 0 spiro atoms. The Hall–Kier alpha value is -2.06. The normalized spacial score (nSPS) is 12.4. The van der Waals surface area contributed by atoms with Gasteiger partial charge in [0.05, 0.1) is 0 Å². The molecule has 0 aliphatic heterocycles. The number of hydrogen-bond donors (Lipinski definition) is 2. The second-order valence-electron chi connectivity index (χ2n) is 7.19. The van der Waals surface area contributed by atoms with Gasteiger partial charge in [-0.25, -0.2) is 9.78 Å². The molecule has 2 rings (SSSR count). The van der Waals surface area contributed by atoms with E-state index in [4.69, 9.17) is 4.74 Å². The first kappa shape index (κ1) is 21.2. The fraction of sp³-hybridized carbons (Fsp3) is 0.421. The van der Waals surface area contributed by atoms with E-state index in [-0.39, 0.29) is 5.91 Å². The zero-order chi connectivity index (χ0) is 20.2. The van der Waals surface area contributed by atoms with Crippen LogP contribution in [0.4, 0.5) is 10.5 Å². The fourth-order valence-electron chi connectivity index (χ4n) is 2.11. The second kappa shape index (κ2) is 8.75. The SMILES string of the molecule is Cc1csc(Sc2ccc(NC(=O)[C@@H](C)NC(=O)OC(C)(C)C)c(C)c2)n1. The number of rotatable bonds is 5. The van der Waals surface area contributed by atoms with Crippen LogP contribution in [-0.2, 0) is 9.53 Å². The third-order valence-corrected chi connectivity index (χ3v) is 5.43. The molecule has 0 aliphatic carbocycles. The molecule has 6 nitrogen and oxygen atoms in total. The van der Waals surface area contributed by atoms with Crippen molar-refractivity contribution in [1.82, 2.24) is 10.3 Å². The van der Waals surface area contributed by atoms with Gasteiger partial charge >= 0.3 is 6.09 Å². The van der Waals surface area contributed by atoms with E-state index in [1.807, 2.05) is 37.4 Å². The highest BCUT2D eigenvalue weighted by molar-refractivity contribution is 8.01. The number of thiazole rings is 1. The molecule has 1 aromatic heterocycles. The number of carbonyl (C=O) groups is 2. The maximum Gasteiger partial charge on any atom is 0.408 e. The number of aromatic nitrogens is 1. The lowest BCUT2D eigenvalue weighted by Gasteiger charge is -2.22. The number of hydrogen-bond acceptors (Lipinski definition) is 6. The quantitative estimate of drug-likeness (QED) is 0.747. The number of benzene rings is 1. The first-order chi connectivity index (χ1) is 12.5. The summed E-state index contributed by atoms with van der Waals surface area (Å²) in [5.41, 5.74) is 2.04. The molecule has 0 unspecified atom stereocenters. The summed E-state index contributed by atoms with van der Waals surface area (Å²) in [4.78, 5) is 29.6. The Morgan fingerprint density at radius 3 is 2.52 bits per heavy atom. The Balaban J connectivity index is 1.96. The van der Waals surface area contributed by atoms with Gasteiger partial charge in [-0.1, -0.05) is 11.8 Å². The molecular formula is C19H25N3O3S2. The number of alkyl carbamates (subject to hydrolysis) is 1. The highest BCUT2D eigenvalue weighted by Gasteiger charge is 2.21. The van der Waals surface area contributed by atoms with Crippen molar-refractivity contribution in [2.45, 2.75) is 62.4 Å². The topological polar surface area (TPSA) is 80.3 Å². The summed E-state index contributed by atoms with van der Waals surface area (Å²) in [5.74, 6) is -0.306. The van der Waals surface area contributed by atoms with Crippen LogP contribution >= 0.6 is 23.1 Å². The molecule has 0 aliphatic rings. The average molecular weight is 408 g/mol. The molecule has 1 atom stereocenters. The van der Waals surface area contributed by atoms with E-state index >= 15 is 0 Å². The van der Waals surface area contributed by atoms with Gasteiger partial charge in [0.2, 0.25) is 5.91 Å². The Morgan fingerprint density at radius 1 is 1.26 bits per heavy atom. The van der Waals surface area contributed by atoms with E-state index in [9.17, 15) is 9.59 Å². The first-order valence-corrected chi connectivity index (χ1v) is 10.2. The number of anilines is 1. The van der Waals surface area contributed by atoms with E-state index in [0.29, 0.717) is 5.69 Å². The van der Waals surface area contributed by atoms with Crippen molar-refractivity contribution in [1.29, 1.82) is 0 Å². The fourth-order valence-corrected chi connectivity index (χ4v) is 4.02. The predicted molar refractivity (Wildman–Crippen MR) is 110 cm³/mol. The Bertz CT molecular complexity index is 828. The lowest BCUT2D eigenvalue weighted by molar-refractivity contribution is -0.117. The number of nitrogens with zero attached hydrogens (tertiary/aromatic N) is 1. The van der Waals surface area contributed by atoms with Crippen LogP contribution in [0.25, 0.3) is 0 Å². The van der Waals surface area contributed by atoms with E-state index in [0.717, 1.165) is 20.5 Å². The van der Waals surface area contributed by atoms with Crippen LogP contribution in [0.3, 0.4) is 0 Å². The minimum absolute atomic E-state index is 0.306. The minimum atomic E-state index is -0.716. The summed E-state index contributed by atoms with van der Waals surface area (Å²) >= 11 is 3.20. The molecule has 1 aromatic carbocycles. The predicted octanol–water partition coefficient (Wildman–Crippen LogP) is 4.76. The van der Waals surface area contributed by atoms with Crippen molar-refractivity contribution in [2.24, 2.45) is 0 Å². The largest absolute Gasteiger partial charge is 0.444 e. The third-order valence-electron chi connectivity index (χ3n) is 3.39. The van der Waals surface area contributed by atoms with Gasteiger partial charge < -0.3 is 15.4 Å². The number of nitrogens with one attached hydrogen (secondary N) is 2. The Morgan fingerprint density at radius 2 is 1.96 bits per heavy atom. The molecule has 2 aromatic rings. The molecule has 0 radical (unpaired) electrons. The van der Waals surface area contributed by atoms with Gasteiger partial charge in [0, 0.05) is 21.7 Å². The van der Waals surface area contributed by atoms with Gasteiger partial charge in [0.15, 0.2) is 4.34 Å². The smallest absolute Gasteiger partial charge is 0.408 e. The van der Waals surface area contributed by atoms with Crippen LogP contribution in [0.1, 0.15) is 39.0 Å². The molecule has 1 heterocycles. The molecule has 0 fully saturated rings. The molecule has 27 heavy (non-hydrogen) atoms. The lowest BCUT2D eigenvalue weighted by Crippen LogP contribution is -2.44. The number of carbonyl (C=O) groups excluding carboxylic acids is 2. The van der Waals surface area contributed by atoms with Crippen LogP contribution in [-0.4, -0.2) is 28.6 Å². The molecule has 0 saturated carbocycles. The Labute approximate surface area is 168 Å². The second-order valence-corrected chi connectivity index (χ2v) is 9.37. The molecule has 0 bridgehead atoms. The summed E-state index contributed by atoms with van der Waals surface area (Å²) in [5, 5.41) is 7.40. The maximum absolute atomic E-state index is 12.3. The Kier molecular flexibility index (Phi) is 6.89. The molecule has 146 valence electrons. The van der Waals surface area contributed by atoms with Crippen LogP contribution in [0.15, 0.2) is 32.8 Å². The van der Waals surface area contributed by atoms with Gasteiger partial charge in [0.1, 0.15) is 11.6 Å². The molecule has 2 amide bonds. The minimum Gasteiger partial charge on any atom is -0.444 e. The van der Waals surface area contributed by atoms with Crippen molar-refractivity contribution < 1.29 is 14.3 Å².